The zero-order valence-electron chi connectivity index (χ0n) is 6.25. The Morgan fingerprint density at radius 3 is 1.15 bits per heavy atom. The summed E-state index contributed by atoms with van der Waals surface area (Å²) in [7, 11) is -6.26. The van der Waals surface area contributed by atoms with Crippen molar-refractivity contribution < 1.29 is 38.6 Å². The van der Waals surface area contributed by atoms with Crippen LogP contribution in [0.1, 0.15) is 0 Å². The second kappa shape index (κ2) is 14.3. The van der Waals surface area contributed by atoms with Crippen LogP contribution in [0.5, 0.6) is 0 Å². The highest BCUT2D eigenvalue weighted by molar-refractivity contribution is 7.31. The molecular weight excluding hydrogens is 228 g/mol. The van der Waals surface area contributed by atoms with Crippen molar-refractivity contribution in [2.75, 3.05) is 6.54 Å². The van der Waals surface area contributed by atoms with Gasteiger partial charge in [-0.3, -0.25) is 13.9 Å². The summed E-state index contributed by atoms with van der Waals surface area (Å²) in [6.07, 6.45) is 0. The first-order valence-corrected chi connectivity index (χ1v) is 5.10. The smallest absolute Gasteiger partial charge is 0.317 e. The fraction of sp³-hybridized carbons (Fsp3) is 0.500. The molecule has 0 unspecified atom stereocenters. The van der Waals surface area contributed by atoms with Gasteiger partial charge >= 0.3 is 22.5 Å². The fourth-order valence-corrected chi connectivity index (χ4v) is 0. The van der Waals surface area contributed by atoms with Crippen LogP contribution in [0.2, 0.25) is 0 Å². The van der Waals surface area contributed by atoms with Gasteiger partial charge in [-0.25, -0.2) is 0 Å². The van der Waals surface area contributed by atoms with Gasteiger partial charge in [0.2, 0.25) is 0 Å². The molecule has 0 radical (unpaired) electrons. The van der Waals surface area contributed by atoms with Gasteiger partial charge in [-0.05, 0) is 0 Å². The van der Waals surface area contributed by atoms with Gasteiger partial charge in [0, 0.05) is 0 Å². The predicted octanol–water partition coefficient (Wildman–Crippen LogP) is -2.25. The second-order valence-corrected chi connectivity index (χ2v) is 2.29. The minimum absolute atomic E-state index is 0.278. The molecule has 0 bridgehead atoms. The van der Waals surface area contributed by atoms with Crippen LogP contribution in [0.25, 0.3) is 0 Å². The summed E-state index contributed by atoms with van der Waals surface area (Å²) >= 11 is 0. The van der Waals surface area contributed by atoms with Crippen molar-refractivity contribution in [2.24, 2.45) is 5.73 Å². The molecule has 0 aliphatic heterocycles. The number of hydrogen-bond acceptors (Lipinski definition) is 4. The number of nitrogens with two attached hydrogens (primary N) is 1. The highest BCUT2D eigenvalue weighted by Crippen LogP contribution is 1.98. The maximum atomic E-state index is 9.24. The molecule has 0 atom stereocenters. The number of carboxylic acids is 1. The Balaban J connectivity index is -0.000000117. The van der Waals surface area contributed by atoms with Gasteiger partial charge in [0.15, 0.2) is 0 Å². The zero-order chi connectivity index (χ0) is 11.4. The molecule has 0 amide bonds. The van der Waals surface area contributed by atoms with Crippen LogP contribution in [-0.2, 0) is 13.9 Å². The van der Waals surface area contributed by atoms with E-state index in [1.54, 1.807) is 0 Å². The lowest BCUT2D eigenvalue weighted by Gasteiger charge is -1.73. The quantitative estimate of drug-likeness (QED) is 0.275. The van der Waals surface area contributed by atoms with E-state index < -0.39 is 22.5 Å². The lowest BCUT2D eigenvalue weighted by molar-refractivity contribution is -0.135. The monoisotopic (exact) mass is 239 g/mol. The number of aliphatic carboxylic acids is 1. The Hall–Kier alpha value is -0.270. The van der Waals surface area contributed by atoms with Crippen molar-refractivity contribution in [2.45, 2.75) is 0 Å². The number of hydrogen-bond donors (Lipinski definition) is 6. The van der Waals surface area contributed by atoms with Crippen LogP contribution in [0.15, 0.2) is 0 Å². The SMILES string of the molecule is NCC(=O)O.O=[PH](O)O.O=[PH](O)O. The minimum Gasteiger partial charge on any atom is -0.480 e. The lowest BCUT2D eigenvalue weighted by atomic mass is 10.7. The molecule has 0 aromatic heterocycles. The third kappa shape index (κ3) is 371. The highest BCUT2D eigenvalue weighted by atomic mass is 31.1. The molecule has 0 aromatic carbocycles. The number of rotatable bonds is 1. The molecule has 0 saturated heterocycles. The van der Waals surface area contributed by atoms with Gasteiger partial charge < -0.3 is 30.4 Å². The Bertz CT molecular complexity index is 150. The topological polar surface area (TPSA) is 178 Å². The van der Waals surface area contributed by atoms with E-state index in [2.05, 4.69) is 5.73 Å². The number of carbonyl (C=O) groups is 1. The van der Waals surface area contributed by atoms with E-state index >= 15 is 0 Å². The van der Waals surface area contributed by atoms with Gasteiger partial charge in [0.1, 0.15) is 0 Å². The molecule has 0 aliphatic rings. The van der Waals surface area contributed by atoms with Gasteiger partial charge in [0.05, 0.1) is 6.54 Å². The Morgan fingerprint density at radius 2 is 1.15 bits per heavy atom. The first kappa shape index (κ1) is 18.5. The molecular formula is C2H11NO8P2. The molecule has 0 aromatic rings. The van der Waals surface area contributed by atoms with E-state index in [0.29, 0.717) is 0 Å². The van der Waals surface area contributed by atoms with Crippen LogP contribution in [0.3, 0.4) is 0 Å². The molecule has 0 heterocycles. The van der Waals surface area contributed by atoms with Gasteiger partial charge in [-0.2, -0.15) is 0 Å². The summed E-state index contributed by atoms with van der Waals surface area (Å²) in [5.74, 6) is -0.968. The average Bonchev–Trinajstić information content (AvgIpc) is 1.84. The zero-order valence-corrected chi connectivity index (χ0v) is 8.25. The third-order valence-electron chi connectivity index (χ3n) is 0.175. The molecule has 0 saturated carbocycles. The molecule has 11 heteroatoms. The van der Waals surface area contributed by atoms with Crippen LogP contribution in [-0.4, -0.2) is 37.2 Å². The molecule has 82 valence electrons. The second-order valence-electron chi connectivity index (χ2n) is 1.16. The molecule has 0 aliphatic carbocycles. The van der Waals surface area contributed by atoms with E-state index in [1.807, 2.05) is 0 Å². The van der Waals surface area contributed by atoms with Crippen molar-refractivity contribution in [3.63, 3.8) is 0 Å². The normalized spacial score (nSPS) is 8.23. The first-order chi connectivity index (χ1) is 5.73. The maximum absolute atomic E-state index is 9.24. The first-order valence-electron chi connectivity index (χ1n) is 2.49. The van der Waals surface area contributed by atoms with E-state index in [-0.39, 0.29) is 6.54 Å². The van der Waals surface area contributed by atoms with E-state index in [1.165, 1.54) is 0 Å². The molecule has 7 N–H and O–H groups in total. The molecule has 0 rings (SSSR count). The van der Waals surface area contributed by atoms with Crippen molar-refractivity contribution in [3.05, 3.63) is 0 Å². The predicted molar refractivity (Wildman–Crippen MR) is 43.6 cm³/mol. The van der Waals surface area contributed by atoms with E-state index in [9.17, 15) is 4.79 Å². The summed E-state index contributed by atoms with van der Waals surface area (Å²) in [5, 5.41) is 7.60. The lowest BCUT2D eigenvalue weighted by Crippen LogP contribution is -2.10. The Labute approximate surface area is 74.3 Å². The van der Waals surface area contributed by atoms with Crippen LogP contribution in [0, 0.1) is 0 Å². The minimum atomic E-state index is -3.13. The summed E-state index contributed by atoms with van der Waals surface area (Å²) in [4.78, 5) is 37.9. The highest BCUT2D eigenvalue weighted by Gasteiger charge is 1.81. The van der Waals surface area contributed by atoms with Crippen LogP contribution >= 0.6 is 16.5 Å². The fourth-order valence-electron chi connectivity index (χ4n) is 0. The molecule has 0 spiro atoms. The summed E-state index contributed by atoms with van der Waals surface area (Å²) < 4.78 is 17.5. The summed E-state index contributed by atoms with van der Waals surface area (Å²) in [6, 6.07) is 0. The van der Waals surface area contributed by atoms with Crippen LogP contribution < -0.4 is 5.73 Å². The molecule has 13 heavy (non-hydrogen) atoms. The average molecular weight is 239 g/mol. The van der Waals surface area contributed by atoms with Gasteiger partial charge in [0.25, 0.3) is 0 Å². The van der Waals surface area contributed by atoms with Gasteiger partial charge in [-0.1, -0.05) is 0 Å². The Kier molecular flexibility index (Phi) is 20.3. The van der Waals surface area contributed by atoms with Crippen LogP contribution in [0.4, 0.5) is 0 Å². The maximum Gasteiger partial charge on any atom is 0.317 e. The van der Waals surface area contributed by atoms with Crippen molar-refractivity contribution in [1.82, 2.24) is 0 Å². The standard InChI is InChI=1S/C2H5NO2.2H3O3P/c3-1-2(4)5;2*1-4(2)3/h1,3H2,(H,4,5);2*4H,(H2,1,2,3). The summed E-state index contributed by atoms with van der Waals surface area (Å²) in [6.45, 7) is -0.278. The van der Waals surface area contributed by atoms with Crippen molar-refractivity contribution >= 4 is 22.5 Å². The Morgan fingerprint density at radius 1 is 1.08 bits per heavy atom. The largest absolute Gasteiger partial charge is 0.480 e. The number of carboxylic acid groups (broad SMARTS) is 1. The van der Waals surface area contributed by atoms with Crippen molar-refractivity contribution in [3.8, 4) is 0 Å². The molecule has 9 nitrogen and oxygen atoms in total. The van der Waals surface area contributed by atoms with Gasteiger partial charge in [-0.15, -0.1) is 0 Å². The van der Waals surface area contributed by atoms with E-state index in [4.69, 9.17) is 33.8 Å². The molecule has 0 fully saturated rings. The van der Waals surface area contributed by atoms with Crippen molar-refractivity contribution in [1.29, 1.82) is 0 Å². The van der Waals surface area contributed by atoms with E-state index in [0.717, 1.165) is 0 Å². The summed E-state index contributed by atoms with van der Waals surface area (Å²) in [5.41, 5.74) is 4.57. The third-order valence-corrected chi connectivity index (χ3v) is 0.175.